The maximum absolute atomic E-state index is 11.2. The summed E-state index contributed by atoms with van der Waals surface area (Å²) < 4.78 is 0. The van der Waals surface area contributed by atoms with Crippen molar-refractivity contribution in [2.45, 2.75) is 0 Å². The highest BCUT2D eigenvalue weighted by Crippen LogP contribution is 1.84. The maximum Gasteiger partial charge on any atom is 0.271 e. The van der Waals surface area contributed by atoms with Gasteiger partial charge in [-0.15, -0.1) is 0 Å². The molecule has 61 valence electrons. The second-order valence-electron chi connectivity index (χ2n) is 2.79. The van der Waals surface area contributed by atoms with Crippen molar-refractivity contribution in [1.82, 2.24) is 4.90 Å². The van der Waals surface area contributed by atoms with Crippen LogP contribution < -0.4 is 5.46 Å². The van der Waals surface area contributed by atoms with E-state index in [9.17, 15) is 4.79 Å². The summed E-state index contributed by atoms with van der Waals surface area (Å²) in [5.74, 6) is 0.0150. The molecular formula is C9H11BNO. The molecule has 0 unspecified atom stereocenters. The second kappa shape index (κ2) is 3.95. The zero-order valence-corrected chi connectivity index (χ0v) is 7.32. The van der Waals surface area contributed by atoms with Gasteiger partial charge in [-0.05, 0) is 0 Å². The minimum atomic E-state index is 0.0150. The van der Waals surface area contributed by atoms with Crippen LogP contribution in [0.1, 0.15) is 0 Å². The van der Waals surface area contributed by atoms with Crippen molar-refractivity contribution in [3.05, 3.63) is 30.3 Å². The first-order valence-corrected chi connectivity index (χ1v) is 3.81. The van der Waals surface area contributed by atoms with E-state index >= 15 is 0 Å². The zero-order valence-electron chi connectivity index (χ0n) is 7.32. The summed E-state index contributed by atoms with van der Waals surface area (Å²) in [6.45, 7) is 0. The molecule has 0 saturated carbocycles. The molecule has 1 rings (SSSR count). The first-order chi connectivity index (χ1) is 5.70. The highest BCUT2D eigenvalue weighted by atomic mass is 16.1. The molecule has 0 aromatic heterocycles. The lowest BCUT2D eigenvalue weighted by Crippen LogP contribution is -2.32. The predicted octanol–water partition coefficient (Wildman–Crippen LogP) is 0.698. The van der Waals surface area contributed by atoms with E-state index in [1.54, 1.807) is 26.3 Å². The summed E-state index contributed by atoms with van der Waals surface area (Å²) in [7, 11) is 5.09. The first-order valence-electron chi connectivity index (χ1n) is 3.81. The smallest absolute Gasteiger partial charge is 0.271 e. The van der Waals surface area contributed by atoms with Crippen LogP contribution in [0.2, 0.25) is 0 Å². The molecule has 0 saturated heterocycles. The SMILES string of the molecule is CN(C)C(=O)[B]c1ccccc1. The van der Waals surface area contributed by atoms with E-state index < -0.39 is 0 Å². The van der Waals surface area contributed by atoms with Gasteiger partial charge in [-0.3, -0.25) is 4.79 Å². The summed E-state index contributed by atoms with van der Waals surface area (Å²) in [6.07, 6.45) is 0. The molecule has 0 N–H and O–H groups in total. The summed E-state index contributed by atoms with van der Waals surface area (Å²) >= 11 is 0. The van der Waals surface area contributed by atoms with Crippen LogP contribution in [0.15, 0.2) is 30.3 Å². The molecule has 1 aromatic rings. The number of hydrogen-bond acceptors (Lipinski definition) is 1. The number of rotatable bonds is 2. The fraction of sp³-hybridized carbons (Fsp3) is 0.222. The van der Waals surface area contributed by atoms with Gasteiger partial charge in [0.1, 0.15) is 0 Å². The minimum Gasteiger partial charge on any atom is -0.358 e. The summed E-state index contributed by atoms with van der Waals surface area (Å²) in [5, 5.41) is 0. The molecule has 0 aliphatic rings. The number of nitrogens with zero attached hydrogens (tertiary/aromatic N) is 1. The van der Waals surface area contributed by atoms with Gasteiger partial charge in [0.15, 0.2) is 5.81 Å². The van der Waals surface area contributed by atoms with Crippen LogP contribution in [0.3, 0.4) is 0 Å². The van der Waals surface area contributed by atoms with E-state index in [4.69, 9.17) is 0 Å². The topological polar surface area (TPSA) is 20.3 Å². The Labute approximate surface area is 73.4 Å². The lowest BCUT2D eigenvalue weighted by atomic mass is 9.69. The molecule has 1 radical (unpaired) electrons. The average molecular weight is 160 g/mol. The van der Waals surface area contributed by atoms with Crippen LogP contribution >= 0.6 is 0 Å². The fourth-order valence-corrected chi connectivity index (χ4v) is 0.821. The van der Waals surface area contributed by atoms with Crippen LogP contribution in [0.5, 0.6) is 0 Å². The Bertz CT molecular complexity index is 258. The molecule has 1 aromatic carbocycles. The third-order valence-electron chi connectivity index (χ3n) is 1.53. The largest absolute Gasteiger partial charge is 0.358 e. The van der Waals surface area contributed by atoms with Crippen molar-refractivity contribution in [3.63, 3.8) is 0 Å². The lowest BCUT2D eigenvalue weighted by Gasteiger charge is -2.08. The monoisotopic (exact) mass is 160 g/mol. The number of carbonyl (C=O) groups is 1. The highest BCUT2D eigenvalue weighted by molar-refractivity contribution is 6.83. The quantitative estimate of drug-likeness (QED) is 0.583. The molecule has 0 aliphatic heterocycles. The molecule has 0 spiro atoms. The molecule has 2 nitrogen and oxygen atoms in total. The van der Waals surface area contributed by atoms with Gasteiger partial charge in [0.05, 0.1) is 0 Å². The van der Waals surface area contributed by atoms with Crippen molar-refractivity contribution < 1.29 is 4.79 Å². The van der Waals surface area contributed by atoms with E-state index in [2.05, 4.69) is 0 Å². The van der Waals surface area contributed by atoms with Crippen molar-refractivity contribution in [1.29, 1.82) is 0 Å². The van der Waals surface area contributed by atoms with E-state index in [0.717, 1.165) is 5.46 Å². The molecule has 1 amide bonds. The molecule has 0 aliphatic carbocycles. The standard InChI is InChI=1S/C9H11BNO/c1-11(2)9(12)10-8-6-4-3-5-7-8/h3-7H,1-2H3. The van der Waals surface area contributed by atoms with Crippen molar-refractivity contribution in [2.24, 2.45) is 0 Å². The molecule has 0 bridgehead atoms. The Hall–Kier alpha value is -1.25. The van der Waals surface area contributed by atoms with Crippen LogP contribution in [0.25, 0.3) is 0 Å². The van der Waals surface area contributed by atoms with Gasteiger partial charge < -0.3 is 4.90 Å². The number of benzene rings is 1. The minimum absolute atomic E-state index is 0.0150. The van der Waals surface area contributed by atoms with Gasteiger partial charge in [-0.1, -0.05) is 35.8 Å². The molecular weight excluding hydrogens is 149 g/mol. The summed E-state index contributed by atoms with van der Waals surface area (Å²) in [5.41, 5.74) is 0.941. The fourth-order valence-electron chi connectivity index (χ4n) is 0.821. The van der Waals surface area contributed by atoms with E-state index in [-0.39, 0.29) is 5.81 Å². The number of hydrogen-bond donors (Lipinski definition) is 0. The zero-order chi connectivity index (χ0) is 8.97. The Kier molecular flexibility index (Phi) is 2.91. The van der Waals surface area contributed by atoms with Crippen LogP contribution in [-0.2, 0) is 0 Å². The van der Waals surface area contributed by atoms with E-state index in [0.29, 0.717) is 0 Å². The molecule has 12 heavy (non-hydrogen) atoms. The van der Waals surface area contributed by atoms with Gasteiger partial charge in [0, 0.05) is 14.1 Å². The Morgan fingerprint density at radius 2 is 1.83 bits per heavy atom. The molecule has 0 fully saturated rings. The molecule has 3 heteroatoms. The van der Waals surface area contributed by atoms with Crippen LogP contribution in [0.4, 0.5) is 4.79 Å². The van der Waals surface area contributed by atoms with Crippen LogP contribution in [-0.4, -0.2) is 32.1 Å². The maximum atomic E-state index is 11.2. The van der Waals surface area contributed by atoms with Gasteiger partial charge in [-0.25, -0.2) is 0 Å². The molecule has 0 atom stereocenters. The third kappa shape index (κ3) is 2.42. The Morgan fingerprint density at radius 1 is 1.25 bits per heavy atom. The van der Waals surface area contributed by atoms with Gasteiger partial charge in [0.2, 0.25) is 0 Å². The lowest BCUT2D eigenvalue weighted by molar-refractivity contribution is 0.239. The van der Waals surface area contributed by atoms with Crippen LogP contribution in [0, 0.1) is 0 Å². The van der Waals surface area contributed by atoms with Gasteiger partial charge in [-0.2, -0.15) is 0 Å². The number of amides is 1. The predicted molar refractivity (Wildman–Crippen MR) is 50.9 cm³/mol. The Balaban J connectivity index is 2.59. The van der Waals surface area contributed by atoms with E-state index in [1.165, 1.54) is 0 Å². The van der Waals surface area contributed by atoms with Gasteiger partial charge in [0.25, 0.3) is 7.28 Å². The third-order valence-corrected chi connectivity index (χ3v) is 1.53. The summed E-state index contributed by atoms with van der Waals surface area (Å²) in [4.78, 5) is 12.7. The van der Waals surface area contributed by atoms with Crippen molar-refractivity contribution >= 4 is 18.5 Å². The second-order valence-corrected chi connectivity index (χ2v) is 2.79. The highest BCUT2D eigenvalue weighted by Gasteiger charge is 2.06. The average Bonchev–Trinajstić information content (AvgIpc) is 2.06. The molecule has 0 heterocycles. The van der Waals surface area contributed by atoms with Crippen molar-refractivity contribution in [3.8, 4) is 0 Å². The summed E-state index contributed by atoms with van der Waals surface area (Å²) in [6, 6.07) is 9.56. The van der Waals surface area contributed by atoms with Crippen molar-refractivity contribution in [2.75, 3.05) is 14.1 Å². The normalized spacial score (nSPS) is 9.17. The van der Waals surface area contributed by atoms with Gasteiger partial charge >= 0.3 is 0 Å². The van der Waals surface area contributed by atoms with E-state index in [1.807, 2.05) is 30.3 Å². The number of carbonyl (C=O) groups excluding carboxylic acids is 1. The first kappa shape index (κ1) is 8.85. The Morgan fingerprint density at radius 3 is 2.33 bits per heavy atom.